The van der Waals surface area contributed by atoms with Crippen molar-refractivity contribution in [1.82, 2.24) is 9.97 Å². The summed E-state index contributed by atoms with van der Waals surface area (Å²) in [5.41, 5.74) is 2.36. The Balaban J connectivity index is 1.59. The summed E-state index contributed by atoms with van der Waals surface area (Å²) in [4.78, 5) is 22.8. The highest BCUT2D eigenvalue weighted by atomic mass is 16.1. The van der Waals surface area contributed by atoms with Gasteiger partial charge in [-0.25, -0.2) is 0 Å². The second kappa shape index (κ2) is 8.99. The Morgan fingerprint density at radius 3 is 1.40 bits per heavy atom. The standard InChI is InChI=1S/C27H36N2O/c1-21(23-7-15-28-16-8-23)19-26(11-3-4-12-26)25(30)27(13-5-6-14-27)20-22(2)24-9-17-29-18-10-24/h7-10,15-18,21-22H,3-6,11-14,19-20H2,1-2H3. The summed E-state index contributed by atoms with van der Waals surface area (Å²) in [6.07, 6.45) is 18.6. The normalized spacial score (nSPS) is 21.9. The topological polar surface area (TPSA) is 42.9 Å². The van der Waals surface area contributed by atoms with Gasteiger partial charge >= 0.3 is 0 Å². The van der Waals surface area contributed by atoms with E-state index in [9.17, 15) is 4.79 Å². The molecule has 2 aliphatic carbocycles. The Labute approximate surface area is 181 Å². The molecule has 0 amide bonds. The first-order valence-corrected chi connectivity index (χ1v) is 11.9. The van der Waals surface area contributed by atoms with Gasteiger partial charge in [0.15, 0.2) is 0 Å². The van der Waals surface area contributed by atoms with Crippen LogP contribution in [0.5, 0.6) is 0 Å². The van der Waals surface area contributed by atoms with E-state index < -0.39 is 0 Å². The molecule has 2 saturated carbocycles. The molecule has 2 unspecified atom stereocenters. The van der Waals surface area contributed by atoms with Crippen molar-refractivity contribution in [2.75, 3.05) is 0 Å². The van der Waals surface area contributed by atoms with Crippen molar-refractivity contribution < 1.29 is 4.79 Å². The average Bonchev–Trinajstić information content (AvgIpc) is 3.45. The maximum Gasteiger partial charge on any atom is 0.145 e. The first-order valence-electron chi connectivity index (χ1n) is 11.9. The summed E-state index contributed by atoms with van der Waals surface area (Å²) < 4.78 is 0. The van der Waals surface area contributed by atoms with Gasteiger partial charge in [0, 0.05) is 35.6 Å². The van der Waals surface area contributed by atoms with Crippen molar-refractivity contribution in [2.24, 2.45) is 10.8 Å². The lowest BCUT2D eigenvalue weighted by atomic mass is 9.61. The first kappa shape index (κ1) is 21.2. The average molecular weight is 405 g/mol. The predicted molar refractivity (Wildman–Crippen MR) is 121 cm³/mol. The van der Waals surface area contributed by atoms with E-state index in [-0.39, 0.29) is 10.8 Å². The molecule has 0 saturated heterocycles. The van der Waals surface area contributed by atoms with Crippen LogP contribution >= 0.6 is 0 Å². The quantitative estimate of drug-likeness (QED) is 0.483. The number of aromatic nitrogens is 2. The summed E-state index contributed by atoms with van der Waals surface area (Å²) in [5, 5.41) is 0. The molecule has 160 valence electrons. The highest BCUT2D eigenvalue weighted by molar-refractivity contribution is 5.91. The zero-order chi connectivity index (χ0) is 21.0. The van der Waals surface area contributed by atoms with Crippen LogP contribution < -0.4 is 0 Å². The number of nitrogens with zero attached hydrogens (tertiary/aromatic N) is 2. The molecule has 0 bridgehead atoms. The van der Waals surface area contributed by atoms with Gasteiger partial charge < -0.3 is 0 Å². The van der Waals surface area contributed by atoms with Crippen molar-refractivity contribution in [3.05, 3.63) is 60.2 Å². The molecule has 0 aliphatic heterocycles. The van der Waals surface area contributed by atoms with Gasteiger partial charge in [0.25, 0.3) is 0 Å². The third-order valence-electron chi connectivity index (χ3n) is 8.03. The van der Waals surface area contributed by atoms with Crippen LogP contribution in [0.3, 0.4) is 0 Å². The molecular formula is C27H36N2O. The van der Waals surface area contributed by atoms with Gasteiger partial charge in [0.05, 0.1) is 0 Å². The lowest BCUT2D eigenvalue weighted by Crippen LogP contribution is -2.42. The van der Waals surface area contributed by atoms with Crippen molar-refractivity contribution in [1.29, 1.82) is 0 Å². The predicted octanol–water partition coefficient (Wildman–Crippen LogP) is 6.85. The number of Topliss-reactive ketones (excluding diaryl/α,β-unsaturated/α-hetero) is 1. The summed E-state index contributed by atoms with van der Waals surface area (Å²) >= 11 is 0. The summed E-state index contributed by atoms with van der Waals surface area (Å²) in [7, 11) is 0. The molecule has 3 heteroatoms. The Morgan fingerprint density at radius 1 is 0.733 bits per heavy atom. The maximum atomic E-state index is 14.4. The molecule has 2 heterocycles. The van der Waals surface area contributed by atoms with Gasteiger partial charge in [-0.15, -0.1) is 0 Å². The van der Waals surface area contributed by atoms with Crippen LogP contribution in [0.4, 0.5) is 0 Å². The molecule has 2 aromatic rings. The molecule has 0 radical (unpaired) electrons. The van der Waals surface area contributed by atoms with Gasteiger partial charge in [-0.2, -0.15) is 0 Å². The smallest absolute Gasteiger partial charge is 0.145 e. The fourth-order valence-electron chi connectivity index (χ4n) is 6.51. The van der Waals surface area contributed by atoms with Gasteiger partial charge in [-0.1, -0.05) is 39.5 Å². The molecule has 2 atom stereocenters. The molecule has 2 aromatic heterocycles. The van der Waals surface area contributed by atoms with E-state index in [1.807, 2.05) is 24.8 Å². The molecular weight excluding hydrogens is 368 g/mol. The summed E-state index contributed by atoms with van der Waals surface area (Å²) in [6.45, 7) is 4.59. The second-order valence-electron chi connectivity index (χ2n) is 10.1. The van der Waals surface area contributed by atoms with Gasteiger partial charge in [-0.05, 0) is 85.8 Å². The largest absolute Gasteiger partial charge is 0.298 e. The van der Waals surface area contributed by atoms with Crippen LogP contribution in [-0.4, -0.2) is 15.8 Å². The van der Waals surface area contributed by atoms with Crippen LogP contribution in [0.15, 0.2) is 49.1 Å². The highest BCUT2D eigenvalue weighted by Crippen LogP contribution is 2.55. The minimum atomic E-state index is -0.134. The lowest BCUT2D eigenvalue weighted by Gasteiger charge is -2.41. The third-order valence-corrected chi connectivity index (χ3v) is 8.03. The van der Waals surface area contributed by atoms with Crippen LogP contribution in [0, 0.1) is 10.8 Å². The van der Waals surface area contributed by atoms with Gasteiger partial charge in [-0.3, -0.25) is 14.8 Å². The summed E-state index contributed by atoms with van der Waals surface area (Å²) in [6, 6.07) is 8.48. The molecule has 0 N–H and O–H groups in total. The Hall–Kier alpha value is -2.03. The van der Waals surface area contributed by atoms with E-state index in [4.69, 9.17) is 0 Å². The SMILES string of the molecule is CC(CC1(C(=O)C2(CC(C)c3ccncc3)CCCC2)CCCC1)c1ccncc1. The molecule has 30 heavy (non-hydrogen) atoms. The minimum Gasteiger partial charge on any atom is -0.298 e. The van der Waals surface area contributed by atoms with Crippen LogP contribution in [0.1, 0.15) is 101 Å². The van der Waals surface area contributed by atoms with E-state index in [2.05, 4.69) is 48.1 Å². The van der Waals surface area contributed by atoms with Crippen LogP contribution in [0.2, 0.25) is 0 Å². The third kappa shape index (κ3) is 4.22. The maximum absolute atomic E-state index is 14.4. The van der Waals surface area contributed by atoms with E-state index in [0.29, 0.717) is 17.6 Å². The first-order chi connectivity index (χ1) is 14.5. The number of hydrogen-bond donors (Lipinski definition) is 0. The van der Waals surface area contributed by atoms with Crippen molar-refractivity contribution in [2.45, 2.75) is 89.9 Å². The van der Waals surface area contributed by atoms with Gasteiger partial charge in [0.2, 0.25) is 0 Å². The summed E-state index contributed by atoms with van der Waals surface area (Å²) in [5.74, 6) is 1.39. The number of rotatable bonds is 8. The minimum absolute atomic E-state index is 0.134. The van der Waals surface area contributed by atoms with E-state index >= 15 is 0 Å². The Kier molecular flexibility index (Phi) is 6.36. The molecule has 4 rings (SSSR count). The van der Waals surface area contributed by atoms with E-state index in [1.54, 1.807) is 0 Å². The molecule has 0 spiro atoms. The van der Waals surface area contributed by atoms with Gasteiger partial charge in [0.1, 0.15) is 5.78 Å². The van der Waals surface area contributed by atoms with Crippen molar-refractivity contribution >= 4 is 5.78 Å². The number of carbonyl (C=O) groups excluding carboxylic acids is 1. The van der Waals surface area contributed by atoms with Crippen molar-refractivity contribution in [3.63, 3.8) is 0 Å². The monoisotopic (exact) mass is 404 g/mol. The highest BCUT2D eigenvalue weighted by Gasteiger charge is 2.52. The fourth-order valence-corrected chi connectivity index (χ4v) is 6.51. The zero-order valence-corrected chi connectivity index (χ0v) is 18.6. The Bertz CT molecular complexity index is 751. The van der Waals surface area contributed by atoms with E-state index in [0.717, 1.165) is 38.5 Å². The molecule has 0 aromatic carbocycles. The Morgan fingerprint density at radius 2 is 1.07 bits per heavy atom. The van der Waals surface area contributed by atoms with E-state index in [1.165, 1.54) is 36.8 Å². The number of hydrogen-bond acceptors (Lipinski definition) is 3. The van der Waals surface area contributed by atoms with Crippen molar-refractivity contribution in [3.8, 4) is 0 Å². The zero-order valence-electron chi connectivity index (χ0n) is 18.6. The number of pyridine rings is 2. The molecule has 3 nitrogen and oxygen atoms in total. The lowest BCUT2D eigenvalue weighted by molar-refractivity contribution is -0.140. The number of carbonyl (C=O) groups is 1. The fraction of sp³-hybridized carbons (Fsp3) is 0.593. The van der Waals surface area contributed by atoms with Crippen LogP contribution in [0.25, 0.3) is 0 Å². The number of ketones is 1. The molecule has 2 aliphatic rings. The van der Waals surface area contributed by atoms with Crippen LogP contribution in [-0.2, 0) is 4.79 Å². The second-order valence-corrected chi connectivity index (χ2v) is 10.1. The molecule has 2 fully saturated rings.